The summed E-state index contributed by atoms with van der Waals surface area (Å²) in [5.41, 5.74) is 0. The maximum Gasteiger partial charge on any atom is 0.306 e. The number of ether oxygens (including phenoxy) is 6. The predicted molar refractivity (Wildman–Crippen MR) is 231 cm³/mol. The molecule has 0 aliphatic carbocycles. The van der Waals surface area contributed by atoms with Gasteiger partial charge in [0, 0.05) is 38.5 Å². The SMILES string of the molecule is CCCCCCCC(=O)OCC(COC(=O)CCCCCCC)OC(=O)CCCC(O)CCCC(=O)OC(COC(=O)CCCCCCC)COC(=O)CCCCCCC. The Morgan fingerprint density at radius 3 is 0.817 bits per heavy atom. The van der Waals surface area contributed by atoms with Crippen molar-refractivity contribution >= 4 is 35.8 Å². The molecule has 0 aliphatic rings. The van der Waals surface area contributed by atoms with Crippen LogP contribution in [-0.4, -0.2) is 85.7 Å². The molecule has 0 aromatic carbocycles. The van der Waals surface area contributed by atoms with Gasteiger partial charge in [-0.1, -0.05) is 130 Å². The maximum absolute atomic E-state index is 12.7. The van der Waals surface area contributed by atoms with Crippen LogP contribution >= 0.6 is 0 Å². The molecule has 13 heteroatoms. The molecule has 0 saturated carbocycles. The first-order valence-electron chi connectivity index (χ1n) is 23.7. The number of carbonyl (C=O) groups excluding carboxylic acids is 6. The van der Waals surface area contributed by atoms with Gasteiger partial charge in [0.2, 0.25) is 0 Å². The summed E-state index contributed by atoms with van der Waals surface area (Å²) >= 11 is 0. The van der Waals surface area contributed by atoms with Gasteiger partial charge >= 0.3 is 35.8 Å². The zero-order chi connectivity index (χ0) is 44.5. The Bertz CT molecular complexity index is 967. The van der Waals surface area contributed by atoms with E-state index in [0.29, 0.717) is 38.5 Å². The average Bonchev–Trinajstić information content (AvgIpc) is 3.22. The van der Waals surface area contributed by atoms with E-state index in [1.807, 2.05) is 0 Å². The van der Waals surface area contributed by atoms with E-state index in [1.54, 1.807) is 0 Å². The van der Waals surface area contributed by atoms with Crippen molar-refractivity contribution in [3.05, 3.63) is 0 Å². The molecule has 0 saturated heterocycles. The number of hydrogen-bond acceptors (Lipinski definition) is 13. The molecule has 0 rings (SSSR count). The van der Waals surface area contributed by atoms with Crippen molar-refractivity contribution in [1.29, 1.82) is 0 Å². The van der Waals surface area contributed by atoms with Crippen LogP contribution in [0.5, 0.6) is 0 Å². The highest BCUT2D eigenvalue weighted by Crippen LogP contribution is 2.14. The summed E-state index contributed by atoms with van der Waals surface area (Å²) in [5.74, 6) is -2.70. The summed E-state index contributed by atoms with van der Waals surface area (Å²) < 4.78 is 32.5. The molecule has 0 radical (unpaired) electrons. The summed E-state index contributed by atoms with van der Waals surface area (Å²) in [5, 5.41) is 10.6. The average molecular weight is 857 g/mol. The minimum Gasteiger partial charge on any atom is -0.462 e. The molecule has 0 aliphatic heterocycles. The Hall–Kier alpha value is -3.22. The second kappa shape index (κ2) is 41.1. The van der Waals surface area contributed by atoms with Crippen LogP contribution in [0.25, 0.3) is 0 Å². The lowest BCUT2D eigenvalue weighted by atomic mass is 10.1. The predicted octanol–water partition coefficient (Wildman–Crippen LogP) is 10.1. The number of aliphatic hydroxyl groups is 1. The summed E-state index contributed by atoms with van der Waals surface area (Å²) in [4.78, 5) is 74.7. The van der Waals surface area contributed by atoms with Gasteiger partial charge in [-0.15, -0.1) is 0 Å². The zero-order valence-corrected chi connectivity index (χ0v) is 38.1. The number of hydrogen-bond donors (Lipinski definition) is 1. The third kappa shape index (κ3) is 37.8. The zero-order valence-electron chi connectivity index (χ0n) is 38.1. The number of esters is 6. The minimum absolute atomic E-state index is 0.0110. The standard InChI is InChI=1S/C47H84O13/c1-5-9-13-17-21-29-42(49)55-35-40(36-56-43(50)30-22-18-14-10-6-2)59-46(53)33-25-27-39(48)28-26-34-47(54)60-41(37-57-44(51)31-23-19-15-11-7-3)38-58-45(52)32-24-20-16-12-8-4/h39-41,48H,5-38H2,1-4H3. The van der Waals surface area contributed by atoms with Crippen LogP contribution in [0.1, 0.15) is 220 Å². The van der Waals surface area contributed by atoms with Crippen molar-refractivity contribution in [2.45, 2.75) is 239 Å². The highest BCUT2D eigenvalue weighted by atomic mass is 16.6. The summed E-state index contributed by atoms with van der Waals surface area (Å²) in [6.07, 6.45) is 19.2. The van der Waals surface area contributed by atoms with Gasteiger partial charge in [-0.3, -0.25) is 28.8 Å². The van der Waals surface area contributed by atoms with Gasteiger partial charge in [0.15, 0.2) is 12.2 Å². The summed E-state index contributed by atoms with van der Waals surface area (Å²) in [6.45, 7) is 7.62. The number of unbranched alkanes of at least 4 members (excludes halogenated alkanes) is 16. The Morgan fingerprint density at radius 1 is 0.333 bits per heavy atom. The van der Waals surface area contributed by atoms with E-state index in [1.165, 1.54) is 0 Å². The molecule has 0 fully saturated rings. The quantitative estimate of drug-likeness (QED) is 0.0349. The smallest absolute Gasteiger partial charge is 0.306 e. The fourth-order valence-electron chi connectivity index (χ4n) is 6.35. The van der Waals surface area contributed by atoms with Crippen molar-refractivity contribution in [2.75, 3.05) is 26.4 Å². The fourth-order valence-corrected chi connectivity index (χ4v) is 6.35. The first kappa shape index (κ1) is 56.8. The summed E-state index contributed by atoms with van der Waals surface area (Å²) in [7, 11) is 0. The van der Waals surface area contributed by atoms with E-state index in [9.17, 15) is 33.9 Å². The molecule has 13 nitrogen and oxygen atoms in total. The van der Waals surface area contributed by atoms with Gasteiger partial charge in [0.05, 0.1) is 6.10 Å². The molecule has 60 heavy (non-hydrogen) atoms. The lowest BCUT2D eigenvalue weighted by molar-refractivity contribution is -0.167. The minimum atomic E-state index is -0.941. The fraction of sp³-hybridized carbons (Fsp3) is 0.872. The van der Waals surface area contributed by atoms with E-state index in [0.717, 1.165) is 103 Å². The van der Waals surface area contributed by atoms with Gasteiger partial charge in [0.1, 0.15) is 26.4 Å². The van der Waals surface area contributed by atoms with Gasteiger partial charge in [-0.25, -0.2) is 0 Å². The monoisotopic (exact) mass is 857 g/mol. The lowest BCUT2D eigenvalue weighted by Crippen LogP contribution is -2.31. The maximum atomic E-state index is 12.7. The molecule has 0 spiro atoms. The van der Waals surface area contributed by atoms with Gasteiger partial charge < -0.3 is 33.5 Å². The molecule has 0 amide bonds. The van der Waals surface area contributed by atoms with E-state index < -0.39 is 54.1 Å². The van der Waals surface area contributed by atoms with Gasteiger partial charge in [-0.2, -0.15) is 0 Å². The lowest BCUT2D eigenvalue weighted by Gasteiger charge is -2.19. The first-order valence-corrected chi connectivity index (χ1v) is 23.7. The second-order valence-electron chi connectivity index (χ2n) is 16.1. The third-order valence-electron chi connectivity index (χ3n) is 10.1. The Kier molecular flexibility index (Phi) is 38.9. The van der Waals surface area contributed by atoms with Crippen molar-refractivity contribution in [1.82, 2.24) is 0 Å². The van der Waals surface area contributed by atoms with E-state index >= 15 is 0 Å². The van der Waals surface area contributed by atoms with Crippen molar-refractivity contribution < 1.29 is 62.3 Å². The van der Waals surface area contributed by atoms with Crippen molar-refractivity contribution in [2.24, 2.45) is 0 Å². The molecular weight excluding hydrogens is 773 g/mol. The number of rotatable bonds is 42. The Morgan fingerprint density at radius 2 is 0.567 bits per heavy atom. The normalized spacial score (nSPS) is 11.2. The van der Waals surface area contributed by atoms with Crippen LogP contribution in [-0.2, 0) is 57.2 Å². The van der Waals surface area contributed by atoms with Crippen LogP contribution in [0.3, 0.4) is 0 Å². The van der Waals surface area contributed by atoms with Crippen LogP contribution in [0.2, 0.25) is 0 Å². The third-order valence-corrected chi connectivity index (χ3v) is 10.1. The highest BCUT2D eigenvalue weighted by molar-refractivity contribution is 5.72. The highest BCUT2D eigenvalue weighted by Gasteiger charge is 2.22. The number of aliphatic hydroxyl groups excluding tert-OH is 1. The molecule has 0 aromatic rings. The van der Waals surface area contributed by atoms with Gasteiger partial charge in [-0.05, 0) is 51.4 Å². The second-order valence-corrected chi connectivity index (χ2v) is 16.1. The molecular formula is C47H84O13. The van der Waals surface area contributed by atoms with Crippen LogP contribution in [0, 0.1) is 0 Å². The molecule has 350 valence electrons. The van der Waals surface area contributed by atoms with Gasteiger partial charge in [0.25, 0.3) is 0 Å². The largest absolute Gasteiger partial charge is 0.462 e. The topological polar surface area (TPSA) is 178 Å². The van der Waals surface area contributed by atoms with Crippen molar-refractivity contribution in [3.63, 3.8) is 0 Å². The van der Waals surface area contributed by atoms with E-state index in [4.69, 9.17) is 28.4 Å². The molecule has 0 unspecified atom stereocenters. The Balaban J connectivity index is 4.85. The van der Waals surface area contributed by atoms with Crippen LogP contribution in [0.4, 0.5) is 0 Å². The molecule has 0 bridgehead atoms. The molecule has 0 heterocycles. The van der Waals surface area contributed by atoms with Crippen molar-refractivity contribution in [3.8, 4) is 0 Å². The summed E-state index contributed by atoms with van der Waals surface area (Å²) in [6, 6.07) is 0. The van der Waals surface area contributed by atoms with Crippen LogP contribution < -0.4 is 0 Å². The van der Waals surface area contributed by atoms with Crippen LogP contribution in [0.15, 0.2) is 0 Å². The molecule has 0 atom stereocenters. The Labute approximate surface area is 362 Å². The molecule has 0 aromatic heterocycles. The first-order chi connectivity index (χ1) is 29.0. The van der Waals surface area contributed by atoms with E-state index in [2.05, 4.69) is 27.7 Å². The van der Waals surface area contributed by atoms with E-state index in [-0.39, 0.29) is 77.8 Å². The number of carbonyl (C=O) groups is 6. The molecule has 1 N–H and O–H groups in total.